The average molecular weight is 259 g/mol. The van der Waals surface area contributed by atoms with Crippen LogP contribution in [0.25, 0.3) is 0 Å². The van der Waals surface area contributed by atoms with Crippen LogP contribution in [-0.4, -0.2) is 23.4 Å². The summed E-state index contributed by atoms with van der Waals surface area (Å²) in [6, 6.07) is 3.34. The number of hydrogen-bond donors (Lipinski definition) is 1. The largest absolute Gasteiger partial charge is 0.324 e. The van der Waals surface area contributed by atoms with Gasteiger partial charge in [0.25, 0.3) is 0 Å². The number of amides is 3. The number of halogens is 1. The van der Waals surface area contributed by atoms with Crippen LogP contribution in [-0.2, 0) is 4.79 Å². The maximum Gasteiger partial charge on any atom is 0.324 e. The van der Waals surface area contributed by atoms with Crippen molar-refractivity contribution in [3.05, 3.63) is 21.3 Å². The molecule has 1 aliphatic rings. The molecule has 2 heterocycles. The fourth-order valence-corrected chi connectivity index (χ4v) is 2.78. The van der Waals surface area contributed by atoms with E-state index in [1.54, 1.807) is 4.90 Å². The van der Waals surface area contributed by atoms with E-state index in [9.17, 15) is 9.59 Å². The second kappa shape index (κ2) is 4.43. The van der Waals surface area contributed by atoms with E-state index in [0.717, 1.165) is 4.88 Å². The number of nitrogens with one attached hydrogen (secondary N) is 1. The Kier molecular flexibility index (Phi) is 3.16. The Bertz CT molecular complexity index is 432. The van der Waals surface area contributed by atoms with Crippen molar-refractivity contribution in [3.63, 3.8) is 0 Å². The Labute approximate surface area is 102 Å². The van der Waals surface area contributed by atoms with Gasteiger partial charge in [0.05, 0.1) is 10.4 Å². The highest BCUT2D eigenvalue weighted by Crippen LogP contribution is 2.30. The molecule has 1 aliphatic heterocycles. The molecular formula is C10H11ClN2O2S. The molecule has 0 saturated carbocycles. The minimum absolute atomic E-state index is 0.0504. The highest BCUT2D eigenvalue weighted by atomic mass is 35.5. The van der Waals surface area contributed by atoms with Crippen LogP contribution in [0.4, 0.5) is 4.79 Å². The van der Waals surface area contributed by atoms with E-state index < -0.39 is 0 Å². The highest BCUT2D eigenvalue weighted by Gasteiger charge is 2.28. The van der Waals surface area contributed by atoms with Crippen molar-refractivity contribution >= 4 is 34.9 Å². The summed E-state index contributed by atoms with van der Waals surface area (Å²) in [5.74, 6) is -0.210. The SMILES string of the molecule is CC(c1ccc(Cl)s1)N1CCC(=O)NC1=O. The second-order valence-electron chi connectivity index (χ2n) is 3.61. The summed E-state index contributed by atoms with van der Waals surface area (Å²) in [6.07, 6.45) is 0.356. The molecule has 1 saturated heterocycles. The third-order valence-electron chi connectivity index (χ3n) is 2.56. The van der Waals surface area contributed by atoms with E-state index >= 15 is 0 Å². The maximum absolute atomic E-state index is 11.6. The van der Waals surface area contributed by atoms with Gasteiger partial charge in [-0.1, -0.05) is 11.6 Å². The van der Waals surface area contributed by atoms with Crippen LogP contribution in [0.5, 0.6) is 0 Å². The smallest absolute Gasteiger partial charge is 0.316 e. The Balaban J connectivity index is 2.13. The quantitative estimate of drug-likeness (QED) is 0.886. The van der Waals surface area contributed by atoms with Crippen molar-refractivity contribution in [1.29, 1.82) is 0 Å². The summed E-state index contributed by atoms with van der Waals surface area (Å²) in [6.45, 7) is 2.39. The molecular weight excluding hydrogens is 248 g/mol. The molecule has 16 heavy (non-hydrogen) atoms. The van der Waals surface area contributed by atoms with Gasteiger partial charge in [-0.3, -0.25) is 10.1 Å². The lowest BCUT2D eigenvalue weighted by molar-refractivity contribution is -0.121. The molecule has 1 aromatic rings. The lowest BCUT2D eigenvalue weighted by Gasteiger charge is -2.31. The number of hydrogen-bond acceptors (Lipinski definition) is 3. The van der Waals surface area contributed by atoms with Gasteiger partial charge >= 0.3 is 6.03 Å². The summed E-state index contributed by atoms with van der Waals surface area (Å²) in [7, 11) is 0. The van der Waals surface area contributed by atoms with Crippen LogP contribution in [0.1, 0.15) is 24.3 Å². The van der Waals surface area contributed by atoms with E-state index in [1.807, 2.05) is 19.1 Å². The average Bonchev–Trinajstić information content (AvgIpc) is 2.64. The molecule has 3 amide bonds. The van der Waals surface area contributed by atoms with Gasteiger partial charge in [0.2, 0.25) is 5.91 Å². The first-order valence-electron chi connectivity index (χ1n) is 4.93. The molecule has 1 fully saturated rings. The number of nitrogens with zero attached hydrogens (tertiary/aromatic N) is 1. The van der Waals surface area contributed by atoms with Gasteiger partial charge in [-0.05, 0) is 19.1 Å². The first-order chi connectivity index (χ1) is 7.58. The van der Waals surface area contributed by atoms with E-state index in [-0.39, 0.29) is 18.0 Å². The summed E-state index contributed by atoms with van der Waals surface area (Å²) < 4.78 is 0.704. The van der Waals surface area contributed by atoms with E-state index in [2.05, 4.69) is 5.32 Å². The first kappa shape index (κ1) is 11.4. The predicted molar refractivity (Wildman–Crippen MR) is 62.6 cm³/mol. The molecule has 0 bridgehead atoms. The normalized spacial score (nSPS) is 18.5. The molecule has 0 radical (unpaired) electrons. The molecule has 1 unspecified atom stereocenters. The Morgan fingerprint density at radius 1 is 1.50 bits per heavy atom. The second-order valence-corrected chi connectivity index (χ2v) is 5.36. The van der Waals surface area contributed by atoms with Crippen molar-refractivity contribution in [3.8, 4) is 0 Å². The van der Waals surface area contributed by atoms with Gasteiger partial charge in [-0.25, -0.2) is 4.79 Å². The Morgan fingerprint density at radius 3 is 2.81 bits per heavy atom. The van der Waals surface area contributed by atoms with Crippen LogP contribution >= 0.6 is 22.9 Å². The topological polar surface area (TPSA) is 49.4 Å². The Hall–Kier alpha value is -1.07. The molecule has 0 aromatic carbocycles. The van der Waals surface area contributed by atoms with Crippen molar-refractivity contribution in [2.45, 2.75) is 19.4 Å². The molecule has 1 atom stereocenters. The molecule has 86 valence electrons. The van der Waals surface area contributed by atoms with Gasteiger partial charge in [0.15, 0.2) is 0 Å². The van der Waals surface area contributed by atoms with Crippen molar-refractivity contribution in [2.75, 3.05) is 6.54 Å². The lowest BCUT2D eigenvalue weighted by Crippen LogP contribution is -2.50. The molecule has 1 N–H and O–H groups in total. The van der Waals surface area contributed by atoms with Crippen LogP contribution in [0.15, 0.2) is 12.1 Å². The molecule has 0 spiro atoms. The van der Waals surface area contributed by atoms with Crippen molar-refractivity contribution in [1.82, 2.24) is 10.2 Å². The van der Waals surface area contributed by atoms with Gasteiger partial charge in [0.1, 0.15) is 0 Å². The molecule has 1 aromatic heterocycles. The molecule has 6 heteroatoms. The fraction of sp³-hybridized carbons (Fsp3) is 0.400. The molecule has 2 rings (SSSR count). The number of carbonyl (C=O) groups excluding carboxylic acids is 2. The maximum atomic E-state index is 11.6. The summed E-state index contributed by atoms with van der Waals surface area (Å²) in [4.78, 5) is 25.3. The van der Waals surface area contributed by atoms with Crippen molar-refractivity contribution in [2.24, 2.45) is 0 Å². The van der Waals surface area contributed by atoms with Gasteiger partial charge in [0, 0.05) is 17.8 Å². The van der Waals surface area contributed by atoms with Gasteiger partial charge in [-0.2, -0.15) is 0 Å². The summed E-state index contributed by atoms with van der Waals surface area (Å²) in [5.41, 5.74) is 0. The van der Waals surface area contributed by atoms with Crippen LogP contribution in [0, 0.1) is 0 Å². The number of imide groups is 1. The zero-order valence-corrected chi connectivity index (χ0v) is 10.3. The van der Waals surface area contributed by atoms with Crippen LogP contribution in [0.3, 0.4) is 0 Å². The number of urea groups is 1. The van der Waals surface area contributed by atoms with E-state index in [1.165, 1.54) is 11.3 Å². The first-order valence-corrected chi connectivity index (χ1v) is 6.13. The lowest BCUT2D eigenvalue weighted by atomic mass is 10.2. The monoisotopic (exact) mass is 258 g/mol. The molecule has 4 nitrogen and oxygen atoms in total. The number of thiophene rings is 1. The zero-order chi connectivity index (χ0) is 11.7. The Morgan fingerprint density at radius 2 is 2.25 bits per heavy atom. The minimum atomic E-state index is -0.326. The third-order valence-corrected chi connectivity index (χ3v) is 3.96. The fourth-order valence-electron chi connectivity index (χ4n) is 1.65. The highest BCUT2D eigenvalue weighted by molar-refractivity contribution is 7.16. The summed E-state index contributed by atoms with van der Waals surface area (Å²) >= 11 is 7.30. The number of carbonyl (C=O) groups is 2. The third kappa shape index (κ3) is 2.20. The standard InChI is InChI=1S/C10H11ClN2O2S/c1-6(7-2-3-8(11)16-7)13-5-4-9(14)12-10(13)15/h2-3,6H,4-5H2,1H3,(H,12,14,15). The van der Waals surface area contributed by atoms with Crippen LogP contribution < -0.4 is 5.32 Å². The van der Waals surface area contributed by atoms with Crippen molar-refractivity contribution < 1.29 is 9.59 Å². The molecule has 0 aliphatic carbocycles. The van der Waals surface area contributed by atoms with Crippen LogP contribution in [0.2, 0.25) is 4.34 Å². The minimum Gasteiger partial charge on any atom is -0.316 e. The van der Waals surface area contributed by atoms with E-state index in [0.29, 0.717) is 17.3 Å². The van der Waals surface area contributed by atoms with Gasteiger partial charge < -0.3 is 4.90 Å². The summed E-state index contributed by atoms with van der Waals surface area (Å²) in [5, 5.41) is 2.31. The predicted octanol–water partition coefficient (Wildman–Crippen LogP) is 2.40. The number of rotatable bonds is 2. The van der Waals surface area contributed by atoms with Gasteiger partial charge in [-0.15, -0.1) is 11.3 Å². The van der Waals surface area contributed by atoms with E-state index in [4.69, 9.17) is 11.6 Å². The zero-order valence-electron chi connectivity index (χ0n) is 8.70.